The molecule has 0 radical (unpaired) electrons. The van der Waals surface area contributed by atoms with Gasteiger partial charge in [-0.1, -0.05) is 5.92 Å². The number of rotatable bonds is 2. The topological polar surface area (TPSA) is 69.9 Å². The van der Waals surface area contributed by atoms with Gasteiger partial charge in [0.25, 0.3) is 0 Å². The van der Waals surface area contributed by atoms with Crippen LogP contribution in [0, 0.1) is 31.6 Å². The Kier molecular flexibility index (Phi) is 4.76. The summed E-state index contributed by atoms with van der Waals surface area (Å²) < 4.78 is 19.6. The average Bonchev–Trinajstić information content (AvgIpc) is 2.97. The minimum Gasteiger partial charge on any atom is -0.463 e. The lowest BCUT2D eigenvalue weighted by atomic mass is 10.2. The number of imidazole rings is 1. The van der Waals surface area contributed by atoms with Crippen LogP contribution in [-0.4, -0.2) is 32.6 Å². The van der Waals surface area contributed by atoms with Crippen molar-refractivity contribution < 1.29 is 13.9 Å². The molecule has 0 saturated heterocycles. The molecule has 0 amide bonds. The zero-order valence-corrected chi connectivity index (χ0v) is 14.4. The number of esters is 1. The van der Waals surface area contributed by atoms with Gasteiger partial charge < -0.3 is 4.74 Å². The Morgan fingerprint density at radius 1 is 1.19 bits per heavy atom. The van der Waals surface area contributed by atoms with Crippen LogP contribution >= 0.6 is 0 Å². The predicted octanol–water partition coefficient (Wildman–Crippen LogP) is 2.60. The highest BCUT2D eigenvalue weighted by Crippen LogP contribution is 2.18. The summed E-state index contributed by atoms with van der Waals surface area (Å²) in [6.45, 7) is 3.66. The van der Waals surface area contributed by atoms with Gasteiger partial charge in [0.1, 0.15) is 5.69 Å². The number of carbonyl (C=O) groups excluding carboxylic acids is 1. The summed E-state index contributed by atoms with van der Waals surface area (Å²) >= 11 is 0. The van der Waals surface area contributed by atoms with Gasteiger partial charge in [0.15, 0.2) is 0 Å². The van der Waals surface area contributed by atoms with Crippen LogP contribution in [-0.2, 0) is 4.74 Å². The monoisotopic (exact) mass is 350 g/mol. The molecule has 26 heavy (non-hydrogen) atoms. The molecule has 0 aliphatic carbocycles. The van der Waals surface area contributed by atoms with Gasteiger partial charge in [0.05, 0.1) is 24.7 Å². The van der Waals surface area contributed by atoms with Crippen molar-refractivity contribution >= 4 is 5.97 Å². The van der Waals surface area contributed by atoms with Crippen LogP contribution in [0.5, 0.6) is 0 Å². The number of ether oxygens (including phenoxy) is 1. The van der Waals surface area contributed by atoms with E-state index in [2.05, 4.69) is 26.8 Å². The molecule has 0 aliphatic rings. The smallest absolute Gasteiger partial charge is 0.374 e. The maximum atomic E-state index is 13.2. The first-order valence-electron chi connectivity index (χ1n) is 7.74. The Morgan fingerprint density at radius 3 is 2.65 bits per heavy atom. The van der Waals surface area contributed by atoms with Crippen LogP contribution in [0.15, 0.2) is 36.7 Å². The summed E-state index contributed by atoms with van der Waals surface area (Å²) in [5.41, 5.74) is 3.03. The Bertz CT molecular complexity index is 1030. The van der Waals surface area contributed by atoms with Gasteiger partial charge in [-0.05, 0) is 38.0 Å². The predicted molar refractivity (Wildman–Crippen MR) is 92.3 cm³/mol. The first-order valence-corrected chi connectivity index (χ1v) is 7.74. The van der Waals surface area contributed by atoms with Crippen molar-refractivity contribution in [2.75, 3.05) is 7.11 Å². The molecule has 0 N–H and O–H groups in total. The molecule has 130 valence electrons. The van der Waals surface area contributed by atoms with E-state index in [9.17, 15) is 9.18 Å². The van der Waals surface area contributed by atoms with E-state index < -0.39 is 11.9 Å². The number of hydrogen-bond donors (Lipinski definition) is 0. The van der Waals surface area contributed by atoms with Gasteiger partial charge in [-0.25, -0.2) is 14.8 Å². The highest BCUT2D eigenvalue weighted by atomic mass is 19.1. The third-order valence-corrected chi connectivity index (χ3v) is 3.68. The minimum atomic E-state index is -0.611. The van der Waals surface area contributed by atoms with Gasteiger partial charge in [-0.15, -0.1) is 0 Å². The maximum Gasteiger partial charge on any atom is 0.374 e. The van der Waals surface area contributed by atoms with Gasteiger partial charge >= 0.3 is 5.97 Å². The Labute approximate surface area is 149 Å². The molecule has 0 fully saturated rings. The second-order valence-corrected chi connectivity index (χ2v) is 5.47. The number of methoxy groups -OCH3 is 1. The Hall–Kier alpha value is -3.53. The lowest BCUT2D eigenvalue weighted by Gasteiger charge is -2.08. The SMILES string of the molecule is COC(=O)c1nc(C#Cc2ccnc(F)c2)c(C)n1-c1ccc(C)nc1. The molecule has 6 nitrogen and oxygen atoms in total. The molecule has 3 aromatic heterocycles. The Balaban J connectivity index is 2.11. The van der Waals surface area contributed by atoms with Crippen LogP contribution in [0.25, 0.3) is 5.69 Å². The summed E-state index contributed by atoms with van der Waals surface area (Å²) in [7, 11) is 1.29. The third kappa shape index (κ3) is 3.44. The summed E-state index contributed by atoms with van der Waals surface area (Å²) in [4.78, 5) is 24.2. The number of aryl methyl sites for hydroxylation is 1. The second-order valence-electron chi connectivity index (χ2n) is 5.47. The number of hydrogen-bond acceptors (Lipinski definition) is 5. The van der Waals surface area contributed by atoms with Crippen molar-refractivity contribution in [3.8, 4) is 17.5 Å². The molecule has 3 heterocycles. The van der Waals surface area contributed by atoms with Crippen molar-refractivity contribution in [3.05, 3.63) is 71.1 Å². The van der Waals surface area contributed by atoms with E-state index in [0.29, 0.717) is 22.6 Å². The fourth-order valence-corrected chi connectivity index (χ4v) is 2.37. The highest BCUT2D eigenvalue weighted by Gasteiger charge is 2.21. The largest absolute Gasteiger partial charge is 0.463 e. The maximum absolute atomic E-state index is 13.2. The standard InChI is InChI=1S/C19H15FN4O2/c1-12-4-6-15(11-22-12)24-13(2)16(23-18(24)19(25)26-3)7-5-14-8-9-21-17(20)10-14/h4,6,8-11H,1-3H3. The highest BCUT2D eigenvalue weighted by molar-refractivity contribution is 5.86. The molecule has 3 aromatic rings. The number of pyridine rings is 2. The normalized spacial score (nSPS) is 10.2. The quantitative estimate of drug-likeness (QED) is 0.404. The van der Waals surface area contributed by atoms with E-state index in [0.717, 1.165) is 5.69 Å². The van der Waals surface area contributed by atoms with E-state index in [1.165, 1.54) is 19.4 Å². The molecular weight excluding hydrogens is 335 g/mol. The molecule has 0 bridgehead atoms. The molecule has 0 aromatic carbocycles. The molecule has 0 atom stereocenters. The van der Waals surface area contributed by atoms with Gasteiger partial charge in [-0.3, -0.25) is 9.55 Å². The third-order valence-electron chi connectivity index (χ3n) is 3.68. The Morgan fingerprint density at radius 2 is 2.00 bits per heavy atom. The molecule has 7 heteroatoms. The molecule has 0 unspecified atom stereocenters. The van der Waals surface area contributed by atoms with Crippen molar-refractivity contribution in [3.63, 3.8) is 0 Å². The van der Waals surface area contributed by atoms with Crippen molar-refractivity contribution in [1.29, 1.82) is 0 Å². The lowest BCUT2D eigenvalue weighted by Crippen LogP contribution is -2.11. The van der Waals surface area contributed by atoms with E-state index >= 15 is 0 Å². The fourth-order valence-electron chi connectivity index (χ4n) is 2.37. The summed E-state index contributed by atoms with van der Waals surface area (Å²) in [5.74, 6) is 4.60. The zero-order valence-electron chi connectivity index (χ0n) is 14.4. The number of carbonyl (C=O) groups is 1. The van der Waals surface area contributed by atoms with Gasteiger partial charge in [0, 0.05) is 23.5 Å². The number of nitrogens with zero attached hydrogens (tertiary/aromatic N) is 4. The van der Waals surface area contributed by atoms with Crippen molar-refractivity contribution in [2.24, 2.45) is 0 Å². The van der Waals surface area contributed by atoms with Crippen molar-refractivity contribution in [1.82, 2.24) is 19.5 Å². The molecule has 0 aliphatic heterocycles. The number of halogens is 1. The fraction of sp³-hybridized carbons (Fsp3) is 0.158. The average molecular weight is 350 g/mol. The van der Waals surface area contributed by atoms with Crippen molar-refractivity contribution in [2.45, 2.75) is 13.8 Å². The summed E-state index contributed by atoms with van der Waals surface area (Å²) in [6.07, 6.45) is 2.98. The van der Waals surface area contributed by atoms with Gasteiger partial charge in [-0.2, -0.15) is 4.39 Å². The molecule has 3 rings (SSSR count). The van der Waals surface area contributed by atoms with E-state index in [4.69, 9.17) is 4.74 Å². The first kappa shape index (κ1) is 17.3. The zero-order chi connectivity index (χ0) is 18.7. The second kappa shape index (κ2) is 7.15. The van der Waals surface area contributed by atoms with Gasteiger partial charge in [0.2, 0.25) is 11.8 Å². The van der Waals surface area contributed by atoms with Crippen LogP contribution in [0.4, 0.5) is 4.39 Å². The number of aromatic nitrogens is 4. The van der Waals surface area contributed by atoms with Crippen LogP contribution in [0.2, 0.25) is 0 Å². The van der Waals surface area contributed by atoms with E-state index in [1.807, 2.05) is 19.1 Å². The summed E-state index contributed by atoms with van der Waals surface area (Å²) in [6, 6.07) is 6.48. The van der Waals surface area contributed by atoms with Crippen LogP contribution in [0.3, 0.4) is 0 Å². The molecular formula is C19H15FN4O2. The lowest BCUT2D eigenvalue weighted by molar-refractivity contribution is 0.0584. The summed E-state index contributed by atoms with van der Waals surface area (Å²) in [5, 5.41) is 0. The van der Waals surface area contributed by atoms with Crippen LogP contribution in [0.1, 0.15) is 33.3 Å². The molecule has 0 spiro atoms. The first-order chi connectivity index (χ1) is 12.5. The minimum absolute atomic E-state index is 0.0980. The van der Waals surface area contributed by atoms with Crippen LogP contribution < -0.4 is 0 Å². The van der Waals surface area contributed by atoms with E-state index in [1.54, 1.807) is 23.8 Å². The van der Waals surface area contributed by atoms with E-state index in [-0.39, 0.29) is 5.82 Å². The molecule has 0 saturated carbocycles.